The summed E-state index contributed by atoms with van der Waals surface area (Å²) in [6.07, 6.45) is 1.56. The first kappa shape index (κ1) is 12.9. The summed E-state index contributed by atoms with van der Waals surface area (Å²) in [4.78, 5) is 2.76. The van der Waals surface area contributed by atoms with Gasteiger partial charge in [-0.15, -0.1) is 10.2 Å². The van der Waals surface area contributed by atoms with Gasteiger partial charge in [0.2, 0.25) is 0 Å². The molecule has 0 aliphatic carbocycles. The van der Waals surface area contributed by atoms with E-state index in [0.29, 0.717) is 16.1 Å². The zero-order valence-corrected chi connectivity index (χ0v) is 11.6. The quantitative estimate of drug-likeness (QED) is 0.740. The number of imidazole rings is 1. The standard InChI is InChI=1S/C12H11F2N5S/c1-6(11-17-15-5-18(11)2)19-9-4-7(13)3-8(14)10(9)16-12(19)20/h3-6H,1-2H3,(H,16,20). The summed E-state index contributed by atoms with van der Waals surface area (Å²) >= 11 is 5.21. The number of benzene rings is 1. The largest absolute Gasteiger partial charge is 0.328 e. The van der Waals surface area contributed by atoms with Gasteiger partial charge >= 0.3 is 0 Å². The molecule has 20 heavy (non-hydrogen) atoms. The lowest BCUT2D eigenvalue weighted by atomic mass is 10.2. The number of nitrogens with one attached hydrogen (secondary N) is 1. The van der Waals surface area contributed by atoms with Gasteiger partial charge in [0.25, 0.3) is 0 Å². The molecule has 0 saturated carbocycles. The van der Waals surface area contributed by atoms with Crippen molar-refractivity contribution in [1.29, 1.82) is 0 Å². The number of aromatic nitrogens is 5. The van der Waals surface area contributed by atoms with E-state index in [2.05, 4.69) is 15.2 Å². The molecule has 8 heteroatoms. The SMILES string of the molecule is CC(c1nncn1C)n1c(=S)[nH]c2c(F)cc(F)cc21. The minimum absolute atomic E-state index is 0.186. The highest BCUT2D eigenvalue weighted by Crippen LogP contribution is 2.25. The fraction of sp³-hybridized carbons (Fsp3) is 0.250. The molecule has 1 aromatic carbocycles. The van der Waals surface area contributed by atoms with Crippen molar-refractivity contribution < 1.29 is 8.78 Å². The molecular weight excluding hydrogens is 284 g/mol. The predicted octanol–water partition coefficient (Wildman–Crippen LogP) is 2.71. The van der Waals surface area contributed by atoms with Gasteiger partial charge in [-0.05, 0) is 25.2 Å². The number of rotatable bonds is 2. The second kappa shape index (κ2) is 4.48. The average molecular weight is 295 g/mol. The Morgan fingerprint density at radius 2 is 2.10 bits per heavy atom. The molecular formula is C12H11F2N5S. The average Bonchev–Trinajstić information content (AvgIpc) is 2.92. The van der Waals surface area contributed by atoms with Crippen LogP contribution in [0.25, 0.3) is 11.0 Å². The van der Waals surface area contributed by atoms with Crippen LogP contribution in [0.15, 0.2) is 18.5 Å². The van der Waals surface area contributed by atoms with Crippen molar-refractivity contribution in [2.75, 3.05) is 0 Å². The van der Waals surface area contributed by atoms with E-state index in [4.69, 9.17) is 12.2 Å². The van der Waals surface area contributed by atoms with E-state index in [1.165, 1.54) is 6.07 Å². The van der Waals surface area contributed by atoms with Crippen molar-refractivity contribution in [3.63, 3.8) is 0 Å². The second-order valence-corrected chi connectivity index (χ2v) is 4.94. The van der Waals surface area contributed by atoms with Crippen LogP contribution in [0.4, 0.5) is 8.78 Å². The molecule has 1 N–H and O–H groups in total. The van der Waals surface area contributed by atoms with Crippen molar-refractivity contribution in [2.24, 2.45) is 7.05 Å². The molecule has 0 amide bonds. The van der Waals surface area contributed by atoms with Crippen LogP contribution >= 0.6 is 12.2 Å². The summed E-state index contributed by atoms with van der Waals surface area (Å²) < 4.78 is 30.9. The summed E-state index contributed by atoms with van der Waals surface area (Å²) in [5.41, 5.74) is 0.549. The highest BCUT2D eigenvalue weighted by atomic mass is 32.1. The summed E-state index contributed by atoms with van der Waals surface area (Å²) in [5.74, 6) is -0.676. The third-order valence-corrected chi connectivity index (χ3v) is 3.55. The Morgan fingerprint density at radius 3 is 2.75 bits per heavy atom. The Kier molecular flexibility index (Phi) is 2.89. The molecule has 0 spiro atoms. The maximum Gasteiger partial charge on any atom is 0.178 e. The molecule has 2 heterocycles. The van der Waals surface area contributed by atoms with E-state index < -0.39 is 11.6 Å². The molecule has 0 aliphatic heterocycles. The molecule has 0 aliphatic rings. The summed E-state index contributed by atoms with van der Waals surface area (Å²) in [6.45, 7) is 1.84. The van der Waals surface area contributed by atoms with Crippen LogP contribution in [0.5, 0.6) is 0 Å². The van der Waals surface area contributed by atoms with Crippen molar-refractivity contribution in [2.45, 2.75) is 13.0 Å². The Bertz CT molecular complexity index is 847. The maximum absolute atomic E-state index is 13.8. The van der Waals surface area contributed by atoms with Gasteiger partial charge in [0.1, 0.15) is 17.7 Å². The van der Waals surface area contributed by atoms with Crippen LogP contribution in [0.2, 0.25) is 0 Å². The molecule has 0 bridgehead atoms. The summed E-state index contributed by atoms with van der Waals surface area (Å²) in [7, 11) is 1.80. The maximum atomic E-state index is 13.8. The van der Waals surface area contributed by atoms with Gasteiger partial charge in [-0.3, -0.25) is 0 Å². The van der Waals surface area contributed by atoms with Gasteiger partial charge in [-0.2, -0.15) is 0 Å². The molecule has 5 nitrogen and oxygen atoms in total. The van der Waals surface area contributed by atoms with Gasteiger partial charge in [0.05, 0.1) is 11.6 Å². The van der Waals surface area contributed by atoms with Gasteiger partial charge in [-0.1, -0.05) is 0 Å². The van der Waals surface area contributed by atoms with Crippen LogP contribution < -0.4 is 0 Å². The second-order valence-electron chi connectivity index (χ2n) is 4.56. The topological polar surface area (TPSA) is 51.4 Å². The first-order valence-corrected chi connectivity index (χ1v) is 6.33. The molecule has 1 unspecified atom stereocenters. The van der Waals surface area contributed by atoms with E-state index >= 15 is 0 Å². The molecule has 3 rings (SSSR count). The van der Waals surface area contributed by atoms with E-state index in [0.717, 1.165) is 6.07 Å². The van der Waals surface area contributed by atoms with Gasteiger partial charge in [0.15, 0.2) is 16.4 Å². The van der Waals surface area contributed by atoms with Crippen LogP contribution in [0, 0.1) is 16.4 Å². The normalized spacial score (nSPS) is 13.0. The molecule has 2 aromatic heterocycles. The first-order valence-electron chi connectivity index (χ1n) is 5.92. The van der Waals surface area contributed by atoms with Gasteiger partial charge in [-0.25, -0.2) is 8.78 Å². The third-order valence-electron chi connectivity index (χ3n) is 3.25. The van der Waals surface area contributed by atoms with E-state index in [9.17, 15) is 8.78 Å². The fourth-order valence-electron chi connectivity index (χ4n) is 2.32. The number of aryl methyl sites for hydroxylation is 1. The molecule has 0 saturated heterocycles. The van der Waals surface area contributed by atoms with Crippen molar-refractivity contribution >= 4 is 23.3 Å². The monoisotopic (exact) mass is 295 g/mol. The summed E-state index contributed by atoms with van der Waals surface area (Å²) in [6, 6.07) is 1.77. The molecule has 0 fully saturated rings. The predicted molar refractivity (Wildman–Crippen MR) is 71.9 cm³/mol. The molecule has 0 radical (unpaired) electrons. The number of hydrogen-bond donors (Lipinski definition) is 1. The highest BCUT2D eigenvalue weighted by molar-refractivity contribution is 7.71. The Labute approximate surface area is 117 Å². The molecule has 3 aromatic rings. The lowest BCUT2D eigenvalue weighted by molar-refractivity contribution is 0.574. The number of hydrogen-bond acceptors (Lipinski definition) is 3. The number of H-pyrrole nitrogens is 1. The van der Waals surface area contributed by atoms with E-state index in [1.54, 1.807) is 22.5 Å². The van der Waals surface area contributed by atoms with Crippen molar-refractivity contribution in [3.8, 4) is 0 Å². The van der Waals surface area contributed by atoms with E-state index in [1.807, 2.05) is 6.92 Å². The van der Waals surface area contributed by atoms with Crippen LogP contribution in [-0.2, 0) is 7.05 Å². The number of halogens is 2. The Hall–Kier alpha value is -2.09. The minimum Gasteiger partial charge on any atom is -0.328 e. The van der Waals surface area contributed by atoms with Crippen LogP contribution in [0.1, 0.15) is 18.8 Å². The smallest absolute Gasteiger partial charge is 0.178 e. The number of aromatic amines is 1. The first-order chi connectivity index (χ1) is 9.49. The van der Waals surface area contributed by atoms with Crippen molar-refractivity contribution in [1.82, 2.24) is 24.3 Å². The van der Waals surface area contributed by atoms with Crippen LogP contribution in [-0.4, -0.2) is 24.3 Å². The lowest BCUT2D eigenvalue weighted by Gasteiger charge is -2.13. The fourth-order valence-corrected chi connectivity index (χ4v) is 2.68. The Morgan fingerprint density at radius 1 is 1.35 bits per heavy atom. The third kappa shape index (κ3) is 1.83. The summed E-state index contributed by atoms with van der Waals surface area (Å²) in [5, 5.41) is 7.81. The molecule has 1 atom stereocenters. The highest BCUT2D eigenvalue weighted by Gasteiger charge is 2.19. The number of nitrogens with zero attached hydrogens (tertiary/aromatic N) is 4. The zero-order valence-electron chi connectivity index (χ0n) is 10.8. The van der Waals surface area contributed by atoms with Gasteiger partial charge in [0, 0.05) is 13.1 Å². The lowest BCUT2D eigenvalue weighted by Crippen LogP contribution is -2.12. The molecule has 104 valence electrons. The van der Waals surface area contributed by atoms with Crippen LogP contribution in [0.3, 0.4) is 0 Å². The number of fused-ring (bicyclic) bond motifs is 1. The minimum atomic E-state index is -0.671. The Balaban J connectivity index is 2.29. The van der Waals surface area contributed by atoms with E-state index in [-0.39, 0.29) is 11.6 Å². The van der Waals surface area contributed by atoms with Gasteiger partial charge < -0.3 is 14.1 Å². The zero-order chi connectivity index (χ0) is 14.4. The van der Waals surface area contributed by atoms with Crippen molar-refractivity contribution in [3.05, 3.63) is 40.7 Å².